The molecule has 0 atom stereocenters. The van der Waals surface area contributed by atoms with Gasteiger partial charge < -0.3 is 4.98 Å². The molecule has 0 bridgehead atoms. The summed E-state index contributed by atoms with van der Waals surface area (Å²) in [5.41, 5.74) is 1.64. The van der Waals surface area contributed by atoms with Crippen molar-refractivity contribution < 1.29 is 0 Å². The van der Waals surface area contributed by atoms with Crippen molar-refractivity contribution in [2.45, 2.75) is 11.9 Å². The van der Waals surface area contributed by atoms with Crippen LogP contribution in [0.3, 0.4) is 0 Å². The summed E-state index contributed by atoms with van der Waals surface area (Å²) in [6.07, 6.45) is 1.79. The van der Waals surface area contributed by atoms with E-state index in [1.54, 1.807) is 6.26 Å². The summed E-state index contributed by atoms with van der Waals surface area (Å²) in [6, 6.07) is 9.56. The Morgan fingerprint density at radius 2 is 2.00 bits per heavy atom. The third-order valence-electron chi connectivity index (χ3n) is 2.52. The zero-order chi connectivity index (χ0) is 13.1. The average molecular weight is 257 g/mol. The molecule has 0 radical (unpaired) electrons. The van der Waals surface area contributed by atoms with E-state index >= 15 is 0 Å². The van der Waals surface area contributed by atoms with E-state index in [4.69, 9.17) is 5.26 Å². The number of H-pyrrole nitrogens is 1. The van der Waals surface area contributed by atoms with Crippen LogP contribution in [0.15, 0.2) is 34.1 Å². The summed E-state index contributed by atoms with van der Waals surface area (Å²) < 4.78 is 0. The summed E-state index contributed by atoms with van der Waals surface area (Å²) in [6.45, 7) is 1.99. The Balaban J connectivity index is 2.60. The number of nitrogens with zero attached hydrogens (tertiary/aromatic N) is 2. The van der Waals surface area contributed by atoms with Gasteiger partial charge in [-0.2, -0.15) is 5.26 Å². The molecule has 0 aliphatic heterocycles. The van der Waals surface area contributed by atoms with E-state index in [1.807, 2.05) is 37.3 Å². The van der Waals surface area contributed by atoms with Crippen LogP contribution in [-0.2, 0) is 0 Å². The van der Waals surface area contributed by atoms with Gasteiger partial charge >= 0.3 is 0 Å². The zero-order valence-corrected chi connectivity index (χ0v) is 10.8. The number of nitriles is 1. The smallest absolute Gasteiger partial charge is 0.270 e. The van der Waals surface area contributed by atoms with Gasteiger partial charge in [0.25, 0.3) is 5.56 Å². The average Bonchev–Trinajstić information content (AvgIpc) is 2.38. The molecular weight excluding hydrogens is 246 g/mol. The maximum atomic E-state index is 11.8. The lowest BCUT2D eigenvalue weighted by atomic mass is 10.1. The number of aromatic nitrogens is 2. The topological polar surface area (TPSA) is 69.5 Å². The number of hydrogen-bond donors (Lipinski definition) is 1. The third-order valence-corrected chi connectivity index (χ3v) is 3.20. The lowest BCUT2D eigenvalue weighted by Crippen LogP contribution is -2.14. The zero-order valence-electron chi connectivity index (χ0n) is 10.0. The molecule has 90 valence electrons. The van der Waals surface area contributed by atoms with Crippen molar-refractivity contribution in [3.05, 3.63) is 45.7 Å². The minimum Gasteiger partial charge on any atom is -0.305 e. The van der Waals surface area contributed by atoms with Crippen LogP contribution in [-0.4, -0.2) is 16.2 Å². The van der Waals surface area contributed by atoms with E-state index in [2.05, 4.69) is 9.97 Å². The van der Waals surface area contributed by atoms with Crippen molar-refractivity contribution in [2.24, 2.45) is 0 Å². The second-order valence-corrected chi connectivity index (χ2v) is 4.57. The van der Waals surface area contributed by atoms with Crippen LogP contribution < -0.4 is 5.56 Å². The van der Waals surface area contributed by atoms with Crippen molar-refractivity contribution in [2.75, 3.05) is 6.26 Å². The Kier molecular flexibility index (Phi) is 3.49. The van der Waals surface area contributed by atoms with Gasteiger partial charge in [0.15, 0.2) is 0 Å². The molecule has 18 heavy (non-hydrogen) atoms. The van der Waals surface area contributed by atoms with E-state index in [0.717, 1.165) is 11.1 Å². The van der Waals surface area contributed by atoms with Crippen LogP contribution >= 0.6 is 11.8 Å². The molecule has 1 heterocycles. The van der Waals surface area contributed by atoms with Gasteiger partial charge in [0.05, 0.1) is 0 Å². The molecule has 0 fully saturated rings. The largest absolute Gasteiger partial charge is 0.305 e. The van der Waals surface area contributed by atoms with Gasteiger partial charge in [-0.25, -0.2) is 4.98 Å². The third kappa shape index (κ3) is 2.29. The summed E-state index contributed by atoms with van der Waals surface area (Å²) in [5, 5.41) is 9.36. The van der Waals surface area contributed by atoms with E-state index in [1.165, 1.54) is 11.8 Å². The number of aromatic amines is 1. The van der Waals surface area contributed by atoms with E-state index in [9.17, 15) is 4.79 Å². The molecule has 0 spiro atoms. The fraction of sp³-hybridized carbons (Fsp3) is 0.154. The van der Waals surface area contributed by atoms with Gasteiger partial charge in [-0.1, -0.05) is 29.8 Å². The summed E-state index contributed by atoms with van der Waals surface area (Å²) in [5.74, 6) is 0.489. The molecule has 2 aromatic rings. The second kappa shape index (κ2) is 5.07. The van der Waals surface area contributed by atoms with Crippen LogP contribution in [0.5, 0.6) is 0 Å². The minimum absolute atomic E-state index is 0.0679. The monoisotopic (exact) mass is 257 g/mol. The van der Waals surface area contributed by atoms with Gasteiger partial charge in [0.1, 0.15) is 22.5 Å². The predicted molar refractivity (Wildman–Crippen MR) is 71.5 cm³/mol. The fourth-order valence-corrected chi connectivity index (χ4v) is 2.07. The molecule has 2 rings (SSSR count). The first-order valence-corrected chi connectivity index (χ1v) is 6.53. The van der Waals surface area contributed by atoms with Gasteiger partial charge in [-0.3, -0.25) is 4.79 Å². The molecule has 0 saturated heterocycles. The van der Waals surface area contributed by atoms with E-state index in [-0.39, 0.29) is 5.56 Å². The Hall–Kier alpha value is -2.06. The van der Waals surface area contributed by atoms with E-state index in [0.29, 0.717) is 10.9 Å². The molecule has 1 N–H and O–H groups in total. The predicted octanol–water partition coefficient (Wildman–Crippen LogP) is 2.34. The Morgan fingerprint density at radius 3 is 2.56 bits per heavy atom. The van der Waals surface area contributed by atoms with Crippen molar-refractivity contribution >= 4 is 11.8 Å². The molecule has 1 aromatic heterocycles. The highest BCUT2D eigenvalue weighted by Crippen LogP contribution is 2.19. The second-order valence-electron chi connectivity index (χ2n) is 3.78. The van der Waals surface area contributed by atoms with Gasteiger partial charge in [0, 0.05) is 5.56 Å². The Morgan fingerprint density at radius 1 is 1.33 bits per heavy atom. The molecule has 0 aliphatic rings. The molecule has 1 aromatic carbocycles. The maximum Gasteiger partial charge on any atom is 0.270 e. The summed E-state index contributed by atoms with van der Waals surface area (Å²) >= 11 is 1.29. The number of aryl methyl sites for hydroxylation is 1. The standard InChI is InChI=1S/C13H11N3OS/c1-8-3-5-9(6-4-8)11-15-12(17)10(7-14)13(16-11)18-2/h3-6H,1-2H3,(H,15,16,17). The lowest BCUT2D eigenvalue weighted by Gasteiger charge is -2.04. The minimum atomic E-state index is -0.396. The molecule has 5 heteroatoms. The number of benzene rings is 1. The highest BCUT2D eigenvalue weighted by Gasteiger charge is 2.11. The van der Waals surface area contributed by atoms with E-state index < -0.39 is 5.56 Å². The van der Waals surface area contributed by atoms with Crippen molar-refractivity contribution in [1.29, 1.82) is 5.26 Å². The summed E-state index contributed by atoms with van der Waals surface area (Å²) in [4.78, 5) is 18.7. The quantitative estimate of drug-likeness (QED) is 0.662. The molecule has 0 saturated carbocycles. The Labute approximate surface area is 109 Å². The van der Waals surface area contributed by atoms with Crippen LogP contribution in [0.2, 0.25) is 0 Å². The molecular formula is C13H11N3OS. The van der Waals surface area contributed by atoms with Crippen LogP contribution in [0.4, 0.5) is 0 Å². The normalized spacial score (nSPS) is 10.1. The number of thioether (sulfide) groups is 1. The number of rotatable bonds is 2. The van der Waals surface area contributed by atoms with Gasteiger partial charge in [0.2, 0.25) is 0 Å². The lowest BCUT2D eigenvalue weighted by molar-refractivity contribution is 1.01. The van der Waals surface area contributed by atoms with Gasteiger partial charge in [-0.05, 0) is 13.2 Å². The highest BCUT2D eigenvalue weighted by atomic mass is 32.2. The highest BCUT2D eigenvalue weighted by molar-refractivity contribution is 7.98. The molecule has 0 unspecified atom stereocenters. The molecule has 0 aliphatic carbocycles. The first-order valence-electron chi connectivity index (χ1n) is 5.31. The SMILES string of the molecule is CSc1nc(-c2ccc(C)cc2)[nH]c(=O)c1C#N. The number of hydrogen-bond acceptors (Lipinski definition) is 4. The number of nitrogens with one attached hydrogen (secondary N) is 1. The summed E-state index contributed by atoms with van der Waals surface area (Å²) in [7, 11) is 0. The maximum absolute atomic E-state index is 11.8. The van der Waals surface area contributed by atoms with Crippen molar-refractivity contribution in [3.8, 4) is 17.5 Å². The Bertz CT molecular complexity index is 668. The van der Waals surface area contributed by atoms with Crippen LogP contribution in [0, 0.1) is 18.3 Å². The first kappa shape index (κ1) is 12.4. The van der Waals surface area contributed by atoms with Crippen LogP contribution in [0.25, 0.3) is 11.4 Å². The first-order chi connectivity index (χ1) is 8.65. The van der Waals surface area contributed by atoms with Crippen molar-refractivity contribution in [3.63, 3.8) is 0 Å². The van der Waals surface area contributed by atoms with Gasteiger partial charge in [-0.15, -0.1) is 11.8 Å². The van der Waals surface area contributed by atoms with Crippen molar-refractivity contribution in [1.82, 2.24) is 9.97 Å². The fourth-order valence-electron chi connectivity index (χ4n) is 1.55. The molecule has 4 nitrogen and oxygen atoms in total. The van der Waals surface area contributed by atoms with Crippen LogP contribution in [0.1, 0.15) is 11.1 Å². The molecule has 0 amide bonds.